The maximum absolute atomic E-state index is 4.42. The van der Waals surface area contributed by atoms with Crippen molar-refractivity contribution in [2.75, 3.05) is 18.5 Å². The van der Waals surface area contributed by atoms with E-state index in [9.17, 15) is 0 Å². The van der Waals surface area contributed by atoms with E-state index in [2.05, 4.69) is 33.0 Å². The van der Waals surface area contributed by atoms with Gasteiger partial charge in [-0.1, -0.05) is 0 Å². The molecular formula is C15H17N5. The summed E-state index contributed by atoms with van der Waals surface area (Å²) in [6, 6.07) is 6.16. The van der Waals surface area contributed by atoms with Crippen LogP contribution in [0.2, 0.25) is 0 Å². The molecule has 0 N–H and O–H groups in total. The predicted molar refractivity (Wildman–Crippen MR) is 79.7 cm³/mol. The Labute approximate surface area is 117 Å². The summed E-state index contributed by atoms with van der Waals surface area (Å²) in [7, 11) is 4.06. The van der Waals surface area contributed by atoms with Crippen molar-refractivity contribution in [2.24, 2.45) is 7.05 Å². The molecule has 0 bridgehead atoms. The molecule has 0 spiro atoms. The standard InChI is InChI=1S/C15H17N5/c1-19(9-5-12-3-7-16-8-4-12)14-13-6-10-20(2)15(13)18-11-17-14/h3-4,6-8,10-11H,5,9H2,1-2H3. The minimum Gasteiger partial charge on any atom is -0.359 e. The number of rotatable bonds is 4. The highest BCUT2D eigenvalue weighted by molar-refractivity contribution is 5.87. The molecule has 0 aromatic carbocycles. The summed E-state index contributed by atoms with van der Waals surface area (Å²) in [5.41, 5.74) is 2.25. The molecule has 3 aromatic rings. The van der Waals surface area contributed by atoms with Crippen LogP contribution in [0, 0.1) is 0 Å². The highest BCUT2D eigenvalue weighted by atomic mass is 15.2. The van der Waals surface area contributed by atoms with Crippen molar-refractivity contribution in [3.05, 3.63) is 48.7 Å². The average Bonchev–Trinajstić information content (AvgIpc) is 2.87. The monoisotopic (exact) mass is 267 g/mol. The van der Waals surface area contributed by atoms with Crippen molar-refractivity contribution in [2.45, 2.75) is 6.42 Å². The first-order valence-electron chi connectivity index (χ1n) is 6.62. The third-order valence-corrected chi connectivity index (χ3v) is 3.49. The van der Waals surface area contributed by atoms with Crippen LogP contribution >= 0.6 is 0 Å². The second kappa shape index (κ2) is 5.28. The molecule has 0 amide bonds. The van der Waals surface area contributed by atoms with Crippen molar-refractivity contribution >= 4 is 16.9 Å². The highest BCUT2D eigenvalue weighted by Gasteiger charge is 2.10. The van der Waals surface area contributed by atoms with Gasteiger partial charge in [0.25, 0.3) is 0 Å². The van der Waals surface area contributed by atoms with Gasteiger partial charge in [0, 0.05) is 39.2 Å². The number of hydrogen-bond acceptors (Lipinski definition) is 4. The van der Waals surface area contributed by atoms with Gasteiger partial charge in [-0.25, -0.2) is 9.97 Å². The SMILES string of the molecule is CN(CCc1ccncc1)c1ncnc2c1ccn2C. The van der Waals surface area contributed by atoms with Gasteiger partial charge >= 0.3 is 0 Å². The van der Waals surface area contributed by atoms with Gasteiger partial charge in [0.2, 0.25) is 0 Å². The number of anilines is 1. The van der Waals surface area contributed by atoms with E-state index in [4.69, 9.17) is 0 Å². The number of aryl methyl sites for hydroxylation is 1. The van der Waals surface area contributed by atoms with Crippen LogP contribution in [-0.2, 0) is 13.5 Å². The van der Waals surface area contributed by atoms with Crippen molar-refractivity contribution < 1.29 is 0 Å². The Morgan fingerprint density at radius 2 is 1.95 bits per heavy atom. The summed E-state index contributed by atoms with van der Waals surface area (Å²) in [5.74, 6) is 0.977. The molecule has 0 aliphatic rings. The molecule has 5 nitrogen and oxygen atoms in total. The molecule has 3 rings (SSSR count). The van der Waals surface area contributed by atoms with E-state index in [-0.39, 0.29) is 0 Å². The summed E-state index contributed by atoms with van der Waals surface area (Å²) in [6.45, 7) is 0.908. The minimum absolute atomic E-state index is 0.908. The van der Waals surface area contributed by atoms with Gasteiger partial charge in [-0.05, 0) is 30.2 Å². The molecule has 0 atom stereocenters. The Morgan fingerprint density at radius 1 is 1.15 bits per heavy atom. The fraction of sp³-hybridized carbons (Fsp3) is 0.267. The minimum atomic E-state index is 0.908. The van der Waals surface area contributed by atoms with Crippen LogP contribution in [0.25, 0.3) is 11.0 Å². The summed E-state index contributed by atoms with van der Waals surface area (Å²) in [6.07, 6.45) is 8.27. The van der Waals surface area contributed by atoms with Gasteiger partial charge in [-0.3, -0.25) is 4.98 Å². The second-order valence-corrected chi connectivity index (χ2v) is 4.89. The Kier molecular flexibility index (Phi) is 3.33. The number of pyridine rings is 1. The number of aromatic nitrogens is 4. The topological polar surface area (TPSA) is 46.8 Å². The van der Waals surface area contributed by atoms with E-state index in [1.807, 2.05) is 42.3 Å². The van der Waals surface area contributed by atoms with Crippen LogP contribution in [0.1, 0.15) is 5.56 Å². The Bertz CT molecular complexity index is 705. The molecular weight excluding hydrogens is 250 g/mol. The van der Waals surface area contributed by atoms with Crippen LogP contribution in [0.5, 0.6) is 0 Å². The molecule has 0 saturated carbocycles. The lowest BCUT2D eigenvalue weighted by Gasteiger charge is -2.18. The van der Waals surface area contributed by atoms with Crippen molar-refractivity contribution in [3.63, 3.8) is 0 Å². The van der Waals surface area contributed by atoms with Crippen LogP contribution in [0.3, 0.4) is 0 Å². The van der Waals surface area contributed by atoms with Crippen molar-refractivity contribution in [1.29, 1.82) is 0 Å². The zero-order valence-corrected chi connectivity index (χ0v) is 11.7. The summed E-state index contributed by atoms with van der Waals surface area (Å²) >= 11 is 0. The number of fused-ring (bicyclic) bond motifs is 1. The van der Waals surface area contributed by atoms with E-state index < -0.39 is 0 Å². The van der Waals surface area contributed by atoms with E-state index in [1.54, 1.807) is 6.33 Å². The lowest BCUT2D eigenvalue weighted by atomic mass is 10.2. The van der Waals surface area contributed by atoms with Crippen molar-refractivity contribution in [3.8, 4) is 0 Å². The molecule has 0 radical (unpaired) electrons. The molecule has 0 fully saturated rings. The highest BCUT2D eigenvalue weighted by Crippen LogP contribution is 2.22. The molecule has 0 unspecified atom stereocenters. The molecule has 102 valence electrons. The van der Waals surface area contributed by atoms with Crippen LogP contribution in [-0.4, -0.2) is 33.1 Å². The summed E-state index contributed by atoms with van der Waals surface area (Å²) < 4.78 is 2.01. The largest absolute Gasteiger partial charge is 0.359 e. The van der Waals surface area contributed by atoms with Gasteiger partial charge < -0.3 is 9.47 Å². The third-order valence-electron chi connectivity index (χ3n) is 3.49. The summed E-state index contributed by atoms with van der Waals surface area (Å²) in [4.78, 5) is 14.9. The van der Waals surface area contributed by atoms with Crippen LogP contribution in [0.4, 0.5) is 5.82 Å². The predicted octanol–water partition coefficient (Wildman–Crippen LogP) is 2.04. The van der Waals surface area contributed by atoms with E-state index in [0.29, 0.717) is 0 Å². The first-order chi connectivity index (χ1) is 9.75. The zero-order valence-electron chi connectivity index (χ0n) is 11.7. The maximum atomic E-state index is 4.42. The second-order valence-electron chi connectivity index (χ2n) is 4.89. The lowest BCUT2D eigenvalue weighted by Crippen LogP contribution is -2.21. The lowest BCUT2D eigenvalue weighted by molar-refractivity contribution is 0.858. The van der Waals surface area contributed by atoms with E-state index in [1.165, 1.54) is 5.56 Å². The third kappa shape index (κ3) is 2.34. The number of nitrogens with zero attached hydrogens (tertiary/aromatic N) is 5. The van der Waals surface area contributed by atoms with Crippen molar-refractivity contribution in [1.82, 2.24) is 19.5 Å². The molecule has 0 saturated heterocycles. The zero-order chi connectivity index (χ0) is 13.9. The van der Waals surface area contributed by atoms with Gasteiger partial charge in [-0.15, -0.1) is 0 Å². The maximum Gasteiger partial charge on any atom is 0.145 e. The first kappa shape index (κ1) is 12.6. The molecule has 5 heteroatoms. The van der Waals surface area contributed by atoms with Gasteiger partial charge in [0.1, 0.15) is 17.8 Å². The average molecular weight is 267 g/mol. The quantitative estimate of drug-likeness (QED) is 0.726. The molecule has 0 aliphatic heterocycles. The molecule has 20 heavy (non-hydrogen) atoms. The van der Waals surface area contributed by atoms with Gasteiger partial charge in [0.15, 0.2) is 0 Å². The smallest absolute Gasteiger partial charge is 0.145 e. The van der Waals surface area contributed by atoms with E-state index in [0.717, 1.165) is 29.8 Å². The normalized spacial score (nSPS) is 10.9. The molecule has 3 heterocycles. The fourth-order valence-electron chi connectivity index (χ4n) is 2.32. The van der Waals surface area contributed by atoms with Crippen LogP contribution < -0.4 is 4.90 Å². The van der Waals surface area contributed by atoms with Crippen LogP contribution in [0.15, 0.2) is 43.1 Å². The Hall–Kier alpha value is -2.43. The summed E-state index contributed by atoms with van der Waals surface area (Å²) in [5, 5.41) is 1.09. The molecule has 3 aromatic heterocycles. The van der Waals surface area contributed by atoms with E-state index >= 15 is 0 Å². The Balaban J connectivity index is 1.80. The van der Waals surface area contributed by atoms with Gasteiger partial charge in [0.05, 0.1) is 5.39 Å². The molecule has 0 aliphatic carbocycles. The number of hydrogen-bond donors (Lipinski definition) is 0. The number of likely N-dealkylation sites (N-methyl/N-ethyl adjacent to an activating group) is 1. The van der Waals surface area contributed by atoms with Gasteiger partial charge in [-0.2, -0.15) is 0 Å². The Morgan fingerprint density at radius 3 is 2.75 bits per heavy atom. The first-order valence-corrected chi connectivity index (χ1v) is 6.62. The fourth-order valence-corrected chi connectivity index (χ4v) is 2.32.